The average Bonchev–Trinajstić information content (AvgIpc) is 3.06. The second kappa shape index (κ2) is 5.62. The molecule has 3 fully saturated rings. The summed E-state index contributed by atoms with van der Waals surface area (Å²) >= 11 is 0. The van der Waals surface area contributed by atoms with E-state index in [9.17, 15) is 9.59 Å². The fourth-order valence-electron chi connectivity index (χ4n) is 4.63. The fourth-order valence-corrected chi connectivity index (χ4v) is 4.63. The Hall–Kier alpha value is -1.06. The molecule has 1 heterocycles. The third-order valence-corrected chi connectivity index (χ3v) is 5.81. The Morgan fingerprint density at radius 3 is 2.52 bits per heavy atom. The molecule has 2 saturated carbocycles. The van der Waals surface area contributed by atoms with Gasteiger partial charge in [0.15, 0.2) is 0 Å². The summed E-state index contributed by atoms with van der Waals surface area (Å²) in [5, 5.41) is 3.08. The van der Waals surface area contributed by atoms with Gasteiger partial charge in [-0.25, -0.2) is 0 Å². The van der Waals surface area contributed by atoms with Gasteiger partial charge in [0.1, 0.15) is 11.6 Å². The van der Waals surface area contributed by atoms with Gasteiger partial charge in [0, 0.05) is 6.54 Å². The number of hydrogen-bond donors (Lipinski definition) is 1. The van der Waals surface area contributed by atoms with Gasteiger partial charge in [0.25, 0.3) is 0 Å². The van der Waals surface area contributed by atoms with Gasteiger partial charge in [-0.2, -0.15) is 0 Å². The zero-order valence-electron chi connectivity index (χ0n) is 13.4. The molecule has 2 aliphatic carbocycles. The summed E-state index contributed by atoms with van der Waals surface area (Å²) in [6.45, 7) is 5.09. The van der Waals surface area contributed by atoms with Crippen molar-refractivity contribution in [3.63, 3.8) is 0 Å². The Bertz CT molecular complexity index is 429. The summed E-state index contributed by atoms with van der Waals surface area (Å²) in [7, 11) is 0. The van der Waals surface area contributed by atoms with Crippen LogP contribution in [-0.4, -0.2) is 34.8 Å². The smallest absolute Gasteiger partial charge is 0.249 e. The number of carbonyl (C=O) groups is 2. The number of hydrogen-bond acceptors (Lipinski definition) is 2. The van der Waals surface area contributed by atoms with Gasteiger partial charge in [0.2, 0.25) is 11.8 Å². The third kappa shape index (κ3) is 2.58. The monoisotopic (exact) mass is 292 g/mol. The predicted octanol–water partition coefficient (Wildman–Crippen LogP) is 2.47. The summed E-state index contributed by atoms with van der Waals surface area (Å²) < 4.78 is 0. The molecule has 2 amide bonds. The van der Waals surface area contributed by atoms with Gasteiger partial charge in [-0.3, -0.25) is 9.59 Å². The Balaban J connectivity index is 1.79. The molecular weight excluding hydrogens is 264 g/mol. The highest BCUT2D eigenvalue weighted by atomic mass is 16.2. The molecule has 0 aromatic heterocycles. The van der Waals surface area contributed by atoms with Crippen molar-refractivity contribution in [3.8, 4) is 0 Å². The van der Waals surface area contributed by atoms with E-state index in [2.05, 4.69) is 12.2 Å². The molecule has 1 aliphatic heterocycles. The van der Waals surface area contributed by atoms with E-state index >= 15 is 0 Å². The van der Waals surface area contributed by atoms with Gasteiger partial charge in [-0.15, -0.1) is 0 Å². The Labute approximate surface area is 127 Å². The van der Waals surface area contributed by atoms with Crippen molar-refractivity contribution < 1.29 is 9.59 Å². The lowest BCUT2D eigenvalue weighted by molar-refractivity contribution is -0.155. The van der Waals surface area contributed by atoms with E-state index in [0.717, 1.165) is 44.6 Å². The van der Waals surface area contributed by atoms with E-state index in [1.165, 1.54) is 19.3 Å². The molecule has 3 rings (SSSR count). The molecule has 1 N–H and O–H groups in total. The normalized spacial score (nSPS) is 35.5. The van der Waals surface area contributed by atoms with Crippen LogP contribution in [0.25, 0.3) is 0 Å². The summed E-state index contributed by atoms with van der Waals surface area (Å²) in [5.41, 5.74) is -0.563. The van der Waals surface area contributed by atoms with Crippen molar-refractivity contribution in [1.82, 2.24) is 10.2 Å². The first-order chi connectivity index (χ1) is 10.1. The maximum Gasteiger partial charge on any atom is 0.249 e. The molecule has 0 radical (unpaired) electrons. The van der Waals surface area contributed by atoms with E-state index in [1.54, 1.807) is 0 Å². The summed E-state index contributed by atoms with van der Waals surface area (Å²) in [5.74, 6) is 1.63. The predicted molar refractivity (Wildman–Crippen MR) is 81.6 cm³/mol. The molecule has 118 valence electrons. The fraction of sp³-hybridized carbons (Fsp3) is 0.882. The van der Waals surface area contributed by atoms with Crippen LogP contribution in [0.1, 0.15) is 65.2 Å². The van der Waals surface area contributed by atoms with Crippen molar-refractivity contribution >= 4 is 11.8 Å². The highest BCUT2D eigenvalue weighted by Gasteiger charge is 2.51. The molecule has 0 aromatic carbocycles. The highest BCUT2D eigenvalue weighted by Crippen LogP contribution is 2.37. The van der Waals surface area contributed by atoms with Crippen molar-refractivity contribution in [3.05, 3.63) is 0 Å². The molecule has 21 heavy (non-hydrogen) atoms. The molecular formula is C17H28N2O2. The van der Waals surface area contributed by atoms with E-state index < -0.39 is 5.54 Å². The van der Waals surface area contributed by atoms with Crippen LogP contribution in [0, 0.1) is 11.8 Å². The van der Waals surface area contributed by atoms with Crippen LogP contribution in [0.2, 0.25) is 0 Å². The molecule has 3 unspecified atom stereocenters. The van der Waals surface area contributed by atoms with Gasteiger partial charge in [-0.05, 0) is 43.9 Å². The minimum Gasteiger partial charge on any atom is -0.340 e. The van der Waals surface area contributed by atoms with Gasteiger partial charge in [-0.1, -0.05) is 33.1 Å². The zero-order valence-corrected chi connectivity index (χ0v) is 13.4. The van der Waals surface area contributed by atoms with Crippen LogP contribution in [0.15, 0.2) is 0 Å². The number of rotatable bonds is 3. The molecule has 1 saturated heterocycles. The largest absolute Gasteiger partial charge is 0.340 e. The molecule has 3 aliphatic rings. The highest BCUT2D eigenvalue weighted by molar-refractivity contribution is 6.00. The maximum absolute atomic E-state index is 13.0. The van der Waals surface area contributed by atoms with E-state index in [-0.39, 0.29) is 17.9 Å². The summed E-state index contributed by atoms with van der Waals surface area (Å²) in [6, 6.07) is -0.250. The third-order valence-electron chi connectivity index (χ3n) is 5.81. The topological polar surface area (TPSA) is 49.4 Å². The van der Waals surface area contributed by atoms with Crippen molar-refractivity contribution in [2.75, 3.05) is 6.54 Å². The van der Waals surface area contributed by atoms with Gasteiger partial charge < -0.3 is 10.2 Å². The first kappa shape index (κ1) is 14.9. The molecule has 4 nitrogen and oxygen atoms in total. The molecule has 0 bridgehead atoms. The maximum atomic E-state index is 13.0. The second-order valence-corrected chi connectivity index (χ2v) is 7.44. The Morgan fingerprint density at radius 2 is 1.95 bits per heavy atom. The van der Waals surface area contributed by atoms with Crippen molar-refractivity contribution in [1.29, 1.82) is 0 Å². The van der Waals surface area contributed by atoms with Gasteiger partial charge in [0.05, 0.1) is 0 Å². The number of amides is 2. The minimum atomic E-state index is -0.563. The quantitative estimate of drug-likeness (QED) is 0.868. The summed E-state index contributed by atoms with van der Waals surface area (Å²) in [6.07, 6.45) is 8.15. The number of nitrogens with one attached hydrogen (secondary N) is 1. The molecule has 4 heteroatoms. The van der Waals surface area contributed by atoms with Crippen molar-refractivity contribution in [2.45, 2.75) is 76.8 Å². The van der Waals surface area contributed by atoms with E-state index in [4.69, 9.17) is 0 Å². The van der Waals surface area contributed by atoms with Crippen LogP contribution in [-0.2, 0) is 9.59 Å². The summed E-state index contributed by atoms with van der Waals surface area (Å²) in [4.78, 5) is 27.5. The lowest BCUT2D eigenvalue weighted by Crippen LogP contribution is -2.69. The van der Waals surface area contributed by atoms with Crippen LogP contribution >= 0.6 is 0 Å². The molecule has 3 atom stereocenters. The second-order valence-electron chi connectivity index (χ2n) is 7.44. The zero-order chi connectivity index (χ0) is 15.0. The first-order valence-corrected chi connectivity index (χ1v) is 8.69. The molecule has 1 spiro atoms. The van der Waals surface area contributed by atoms with Crippen LogP contribution in [0.4, 0.5) is 0 Å². The number of piperazine rings is 1. The standard InChI is InChI=1S/C17H28N2O2/c1-3-14-15(20)18-17(8-4-5-9-17)16(21)19(14)11-13-7-6-12(2)10-13/h12-14H,3-11H2,1-2H3,(H,18,20). The van der Waals surface area contributed by atoms with Crippen LogP contribution < -0.4 is 5.32 Å². The SMILES string of the molecule is CCC1C(=O)NC2(CCCC2)C(=O)N1CC1CCC(C)C1. The van der Waals surface area contributed by atoms with Gasteiger partial charge >= 0.3 is 0 Å². The Kier molecular flexibility index (Phi) is 3.98. The molecule has 0 aromatic rings. The van der Waals surface area contributed by atoms with Crippen LogP contribution in [0.5, 0.6) is 0 Å². The number of carbonyl (C=O) groups excluding carboxylic acids is 2. The lowest BCUT2D eigenvalue weighted by atomic mass is 9.89. The Morgan fingerprint density at radius 1 is 1.24 bits per heavy atom. The van der Waals surface area contributed by atoms with E-state index in [0.29, 0.717) is 5.92 Å². The van der Waals surface area contributed by atoms with Crippen LogP contribution in [0.3, 0.4) is 0 Å². The van der Waals surface area contributed by atoms with Crippen molar-refractivity contribution in [2.24, 2.45) is 11.8 Å². The van der Waals surface area contributed by atoms with E-state index in [1.807, 2.05) is 11.8 Å². The number of nitrogens with zero attached hydrogens (tertiary/aromatic N) is 1. The first-order valence-electron chi connectivity index (χ1n) is 8.69. The minimum absolute atomic E-state index is 0.0741. The lowest BCUT2D eigenvalue weighted by Gasteiger charge is -2.45. The average molecular weight is 292 g/mol.